The Kier molecular flexibility index (Phi) is 8.05. The Balaban J connectivity index is 0.00000289. The van der Waals surface area contributed by atoms with Gasteiger partial charge in [0.25, 0.3) is 0 Å². The normalized spacial score (nSPS) is 24.9. The number of benzene rings is 1. The highest BCUT2D eigenvalue weighted by Crippen LogP contribution is 2.38. The van der Waals surface area contributed by atoms with Crippen molar-refractivity contribution in [3.63, 3.8) is 0 Å². The summed E-state index contributed by atoms with van der Waals surface area (Å²) in [6.07, 6.45) is 6.52. The molecule has 0 radical (unpaired) electrons. The van der Waals surface area contributed by atoms with Crippen LogP contribution in [0.3, 0.4) is 0 Å². The molecule has 7 nitrogen and oxygen atoms in total. The van der Waals surface area contributed by atoms with Crippen LogP contribution in [0.1, 0.15) is 62.6 Å². The van der Waals surface area contributed by atoms with E-state index >= 15 is 0 Å². The first kappa shape index (κ1) is 24.8. The number of piperidine rings is 1. The Morgan fingerprint density at radius 2 is 1.88 bits per heavy atom. The number of halogens is 1. The molecular formula is C24H34ClN3O4. The van der Waals surface area contributed by atoms with E-state index in [0.717, 1.165) is 57.2 Å². The second-order valence-corrected chi connectivity index (χ2v) is 9.23. The lowest BCUT2D eigenvalue weighted by atomic mass is 9.79. The number of nitrogens with zero attached hydrogens (tertiary/aromatic N) is 3. The van der Waals surface area contributed by atoms with Crippen molar-refractivity contribution in [2.45, 2.75) is 70.1 Å². The van der Waals surface area contributed by atoms with E-state index < -0.39 is 0 Å². The topological polar surface area (TPSA) is 80.6 Å². The summed E-state index contributed by atoms with van der Waals surface area (Å²) in [5, 5.41) is 9.65. The van der Waals surface area contributed by atoms with Crippen LogP contribution in [-0.2, 0) is 9.47 Å². The van der Waals surface area contributed by atoms with Crippen molar-refractivity contribution in [2.75, 3.05) is 33.4 Å². The molecule has 0 unspecified atom stereocenters. The first-order valence-corrected chi connectivity index (χ1v) is 11.4. The molecule has 1 saturated carbocycles. The van der Waals surface area contributed by atoms with E-state index in [0.29, 0.717) is 36.0 Å². The molecule has 0 amide bonds. The molecule has 0 bridgehead atoms. The molecule has 176 valence electrons. The third-order valence-corrected chi connectivity index (χ3v) is 7.34. The number of hydrogen-bond acceptors (Lipinski definition) is 6. The molecule has 8 heteroatoms. The van der Waals surface area contributed by atoms with Gasteiger partial charge in [-0.15, -0.1) is 12.4 Å². The lowest BCUT2D eigenvalue weighted by Gasteiger charge is -2.48. The first-order valence-electron chi connectivity index (χ1n) is 11.4. The van der Waals surface area contributed by atoms with E-state index in [9.17, 15) is 10.1 Å². The molecule has 2 heterocycles. The minimum Gasteiger partial charge on any atom is -0.408 e. The van der Waals surface area contributed by atoms with Crippen LogP contribution in [0.4, 0.5) is 0 Å². The van der Waals surface area contributed by atoms with Gasteiger partial charge in [-0.1, -0.05) is 6.07 Å². The van der Waals surface area contributed by atoms with Crippen molar-refractivity contribution in [1.82, 2.24) is 9.47 Å². The fourth-order valence-corrected chi connectivity index (χ4v) is 5.36. The second-order valence-electron chi connectivity index (χ2n) is 9.23. The molecule has 2 aliphatic rings. The number of fused-ring (bicyclic) bond motifs is 1. The molecule has 32 heavy (non-hydrogen) atoms. The van der Waals surface area contributed by atoms with E-state index in [2.05, 4.69) is 17.9 Å². The Labute approximate surface area is 195 Å². The van der Waals surface area contributed by atoms with Gasteiger partial charge >= 0.3 is 5.76 Å². The smallest absolute Gasteiger partial charge is 0.408 e. The van der Waals surface area contributed by atoms with Crippen molar-refractivity contribution >= 4 is 23.5 Å². The Morgan fingerprint density at radius 1 is 1.19 bits per heavy atom. The zero-order chi connectivity index (χ0) is 22.0. The van der Waals surface area contributed by atoms with Crippen LogP contribution >= 0.6 is 12.4 Å². The number of ether oxygens (including phenoxy) is 2. The summed E-state index contributed by atoms with van der Waals surface area (Å²) in [6.45, 7) is 7.48. The SMILES string of the molecule is COCCO[C@H]1CC[C@](C)(N2CCC(n3c(=O)oc4ccc(C)c(C#N)c43)CC2)CC1.Cl. The summed E-state index contributed by atoms with van der Waals surface area (Å²) in [5.74, 6) is -0.351. The molecule has 2 fully saturated rings. The zero-order valence-electron chi connectivity index (χ0n) is 19.3. The molecule has 0 N–H and O–H groups in total. The molecule has 1 aromatic carbocycles. The predicted molar refractivity (Wildman–Crippen MR) is 126 cm³/mol. The molecule has 1 aliphatic carbocycles. The van der Waals surface area contributed by atoms with E-state index in [1.54, 1.807) is 17.7 Å². The maximum Gasteiger partial charge on any atom is 0.420 e. The number of nitriles is 1. The number of likely N-dealkylation sites (tertiary alicyclic amines) is 1. The Morgan fingerprint density at radius 3 is 2.50 bits per heavy atom. The van der Waals surface area contributed by atoms with Crippen LogP contribution in [0.5, 0.6) is 0 Å². The quantitative estimate of drug-likeness (QED) is 0.597. The zero-order valence-corrected chi connectivity index (χ0v) is 20.1. The number of aryl methyl sites for hydroxylation is 1. The van der Waals surface area contributed by atoms with E-state index in [-0.39, 0.29) is 29.7 Å². The molecule has 4 rings (SSSR count). The fourth-order valence-electron chi connectivity index (χ4n) is 5.36. The average molecular weight is 464 g/mol. The van der Waals surface area contributed by atoms with E-state index in [1.165, 1.54) is 0 Å². The summed E-state index contributed by atoms with van der Waals surface area (Å²) in [7, 11) is 1.70. The largest absolute Gasteiger partial charge is 0.420 e. The molecule has 2 aromatic rings. The molecular weight excluding hydrogens is 430 g/mol. The fraction of sp³-hybridized carbons (Fsp3) is 0.667. The van der Waals surface area contributed by atoms with Crippen molar-refractivity contribution in [3.05, 3.63) is 33.8 Å². The number of hydrogen-bond donors (Lipinski definition) is 0. The van der Waals surface area contributed by atoms with Gasteiger partial charge in [-0.3, -0.25) is 9.47 Å². The highest BCUT2D eigenvalue weighted by molar-refractivity contribution is 5.85. The maximum absolute atomic E-state index is 12.7. The lowest BCUT2D eigenvalue weighted by Crippen LogP contribution is -2.53. The van der Waals surface area contributed by atoms with E-state index in [4.69, 9.17) is 13.9 Å². The van der Waals surface area contributed by atoms with Gasteiger partial charge in [0.15, 0.2) is 5.58 Å². The average Bonchev–Trinajstić information content (AvgIpc) is 3.11. The van der Waals surface area contributed by atoms with Gasteiger partial charge in [-0.25, -0.2) is 4.79 Å². The van der Waals surface area contributed by atoms with Crippen LogP contribution in [0.25, 0.3) is 11.1 Å². The van der Waals surface area contributed by atoms with Crippen LogP contribution in [0.2, 0.25) is 0 Å². The summed E-state index contributed by atoms with van der Waals surface area (Å²) >= 11 is 0. The number of oxazole rings is 1. The van der Waals surface area contributed by atoms with Gasteiger partial charge in [0.1, 0.15) is 11.6 Å². The molecule has 1 aliphatic heterocycles. The van der Waals surface area contributed by atoms with Crippen LogP contribution in [0.15, 0.2) is 21.3 Å². The maximum atomic E-state index is 12.7. The highest BCUT2D eigenvalue weighted by Gasteiger charge is 2.39. The minimum atomic E-state index is -0.351. The molecule has 0 spiro atoms. The van der Waals surface area contributed by atoms with Crippen LogP contribution < -0.4 is 5.76 Å². The third kappa shape index (κ3) is 4.74. The molecule has 1 aromatic heterocycles. The van der Waals surface area contributed by atoms with Crippen LogP contribution in [-0.4, -0.2) is 54.5 Å². The summed E-state index contributed by atoms with van der Waals surface area (Å²) < 4.78 is 18.2. The third-order valence-electron chi connectivity index (χ3n) is 7.34. The summed E-state index contributed by atoms with van der Waals surface area (Å²) in [5.41, 5.74) is 2.77. The number of methoxy groups -OCH3 is 1. The second kappa shape index (κ2) is 10.4. The van der Waals surface area contributed by atoms with Crippen molar-refractivity contribution in [2.24, 2.45) is 0 Å². The van der Waals surface area contributed by atoms with Gasteiger partial charge in [-0.2, -0.15) is 5.26 Å². The predicted octanol–water partition coefficient (Wildman–Crippen LogP) is 4.20. The number of rotatable bonds is 6. The first-order chi connectivity index (χ1) is 15.0. The Hall–Kier alpha value is -1.85. The molecule has 0 atom stereocenters. The van der Waals surface area contributed by atoms with Gasteiger partial charge in [0, 0.05) is 31.8 Å². The minimum absolute atomic E-state index is 0. The van der Waals surface area contributed by atoms with Crippen molar-refractivity contribution < 1.29 is 13.9 Å². The van der Waals surface area contributed by atoms with Gasteiger partial charge in [0.2, 0.25) is 0 Å². The van der Waals surface area contributed by atoms with Crippen LogP contribution in [0, 0.1) is 18.3 Å². The van der Waals surface area contributed by atoms with Crippen molar-refractivity contribution in [3.8, 4) is 6.07 Å². The van der Waals surface area contributed by atoms with Gasteiger partial charge in [-0.05, 0) is 64.0 Å². The summed E-state index contributed by atoms with van der Waals surface area (Å²) in [6, 6.07) is 5.97. The molecule has 1 saturated heterocycles. The van der Waals surface area contributed by atoms with E-state index in [1.807, 2.05) is 13.0 Å². The van der Waals surface area contributed by atoms with Crippen molar-refractivity contribution in [1.29, 1.82) is 5.26 Å². The number of aromatic nitrogens is 1. The van der Waals surface area contributed by atoms with Gasteiger partial charge in [0.05, 0.1) is 24.9 Å². The highest BCUT2D eigenvalue weighted by atomic mass is 35.5. The lowest BCUT2D eigenvalue weighted by molar-refractivity contribution is -0.0419. The summed E-state index contributed by atoms with van der Waals surface area (Å²) in [4.78, 5) is 15.3. The standard InChI is InChI=1S/C24H33N3O4.ClH/c1-17-4-5-21-22(20(17)16-25)27(23(28)31-21)18-8-12-26(13-9-18)24(2)10-6-19(7-11-24)30-15-14-29-3;/h4-5,18-19H,6-15H2,1-3H3;1H/t19-,24-;. The monoisotopic (exact) mass is 463 g/mol. The van der Waals surface area contributed by atoms with Gasteiger partial charge < -0.3 is 13.9 Å². The Bertz CT molecular complexity index is 1010.